The first kappa shape index (κ1) is 14.3. The summed E-state index contributed by atoms with van der Waals surface area (Å²) in [7, 11) is 0. The summed E-state index contributed by atoms with van der Waals surface area (Å²) in [6, 6.07) is 10.4. The van der Waals surface area contributed by atoms with Gasteiger partial charge < -0.3 is 15.7 Å². The molecule has 0 atom stereocenters. The van der Waals surface area contributed by atoms with E-state index in [0.29, 0.717) is 23.5 Å². The molecule has 0 bridgehead atoms. The smallest absolute Gasteiger partial charge is 0.257 e. The zero-order chi connectivity index (χ0) is 14.4. The number of pyridine rings is 1. The van der Waals surface area contributed by atoms with Gasteiger partial charge in [-0.15, -0.1) is 0 Å². The standard InChI is InChI=1S/C14H14ClN3O2/c15-13-12(6-3-7-17-13)18-14(20)10-4-1-2-5-11(10)16-8-9-19/h1-7,16,19H,8-9H2,(H,18,20). The van der Waals surface area contributed by atoms with E-state index in [4.69, 9.17) is 16.7 Å². The molecule has 3 N–H and O–H groups in total. The molecule has 2 aromatic rings. The Morgan fingerprint density at radius 3 is 2.70 bits per heavy atom. The molecule has 20 heavy (non-hydrogen) atoms. The molecule has 1 aromatic carbocycles. The second kappa shape index (κ2) is 6.88. The summed E-state index contributed by atoms with van der Waals surface area (Å²) >= 11 is 5.90. The minimum absolute atomic E-state index is 0.00954. The van der Waals surface area contributed by atoms with E-state index in [-0.39, 0.29) is 17.7 Å². The summed E-state index contributed by atoms with van der Waals surface area (Å²) in [5.41, 5.74) is 1.58. The quantitative estimate of drug-likeness (QED) is 0.740. The van der Waals surface area contributed by atoms with Gasteiger partial charge in [0.15, 0.2) is 5.15 Å². The Hall–Kier alpha value is -2.11. The van der Waals surface area contributed by atoms with Crippen molar-refractivity contribution in [2.75, 3.05) is 23.8 Å². The van der Waals surface area contributed by atoms with Crippen LogP contribution in [-0.4, -0.2) is 29.1 Å². The number of halogens is 1. The number of aliphatic hydroxyl groups is 1. The molecule has 104 valence electrons. The summed E-state index contributed by atoms with van der Waals surface area (Å²) < 4.78 is 0. The van der Waals surface area contributed by atoms with Crippen LogP contribution in [0.2, 0.25) is 5.15 Å². The fraction of sp³-hybridized carbons (Fsp3) is 0.143. The molecule has 1 heterocycles. The van der Waals surface area contributed by atoms with E-state index in [1.54, 1.807) is 36.5 Å². The molecule has 0 unspecified atom stereocenters. The lowest BCUT2D eigenvalue weighted by molar-refractivity contribution is 0.102. The molecule has 0 radical (unpaired) electrons. The average Bonchev–Trinajstić information content (AvgIpc) is 2.47. The van der Waals surface area contributed by atoms with Crippen LogP contribution in [0.1, 0.15) is 10.4 Å². The highest BCUT2D eigenvalue weighted by Crippen LogP contribution is 2.21. The van der Waals surface area contributed by atoms with Gasteiger partial charge in [0.1, 0.15) is 0 Å². The summed E-state index contributed by atoms with van der Waals surface area (Å²) in [5, 5.41) is 14.8. The van der Waals surface area contributed by atoms with Crippen molar-refractivity contribution in [1.29, 1.82) is 0 Å². The summed E-state index contributed by atoms with van der Waals surface area (Å²) in [4.78, 5) is 16.2. The van der Waals surface area contributed by atoms with Crippen LogP contribution in [0.15, 0.2) is 42.6 Å². The lowest BCUT2D eigenvalue weighted by atomic mass is 10.1. The van der Waals surface area contributed by atoms with Gasteiger partial charge in [0.25, 0.3) is 5.91 Å². The van der Waals surface area contributed by atoms with Crippen molar-refractivity contribution in [2.24, 2.45) is 0 Å². The lowest BCUT2D eigenvalue weighted by Crippen LogP contribution is -2.16. The Bertz CT molecular complexity index is 604. The van der Waals surface area contributed by atoms with Gasteiger partial charge in [-0.05, 0) is 24.3 Å². The van der Waals surface area contributed by atoms with E-state index < -0.39 is 0 Å². The second-order valence-corrected chi connectivity index (χ2v) is 4.35. The highest BCUT2D eigenvalue weighted by molar-refractivity contribution is 6.32. The minimum Gasteiger partial charge on any atom is -0.395 e. The number of amides is 1. The van der Waals surface area contributed by atoms with Gasteiger partial charge in [-0.25, -0.2) is 4.98 Å². The predicted octanol–water partition coefficient (Wildman–Crippen LogP) is 2.39. The number of carbonyl (C=O) groups excluding carboxylic acids is 1. The number of hydrogen-bond donors (Lipinski definition) is 3. The van der Waals surface area contributed by atoms with Gasteiger partial charge in [-0.2, -0.15) is 0 Å². The van der Waals surface area contributed by atoms with Crippen LogP contribution in [0, 0.1) is 0 Å². The van der Waals surface area contributed by atoms with Gasteiger partial charge in [0.05, 0.1) is 17.9 Å². The predicted molar refractivity (Wildman–Crippen MR) is 79.2 cm³/mol. The SMILES string of the molecule is O=C(Nc1cccnc1Cl)c1ccccc1NCCO. The first-order chi connectivity index (χ1) is 9.72. The van der Waals surface area contributed by atoms with Crippen LogP contribution in [0.4, 0.5) is 11.4 Å². The fourth-order valence-corrected chi connectivity index (χ4v) is 1.86. The van der Waals surface area contributed by atoms with E-state index in [9.17, 15) is 4.79 Å². The van der Waals surface area contributed by atoms with Crippen LogP contribution in [0.5, 0.6) is 0 Å². The molecule has 1 aromatic heterocycles. The molecular formula is C14H14ClN3O2. The number of nitrogens with zero attached hydrogens (tertiary/aromatic N) is 1. The molecule has 0 aliphatic rings. The molecule has 6 heteroatoms. The van der Waals surface area contributed by atoms with Crippen LogP contribution < -0.4 is 10.6 Å². The average molecular weight is 292 g/mol. The van der Waals surface area contributed by atoms with Crippen molar-refractivity contribution in [3.8, 4) is 0 Å². The van der Waals surface area contributed by atoms with Gasteiger partial charge >= 0.3 is 0 Å². The van der Waals surface area contributed by atoms with Crippen LogP contribution >= 0.6 is 11.6 Å². The minimum atomic E-state index is -0.291. The van der Waals surface area contributed by atoms with Gasteiger partial charge in [0, 0.05) is 18.4 Å². The Morgan fingerprint density at radius 2 is 1.95 bits per heavy atom. The number of aromatic nitrogens is 1. The molecule has 0 fully saturated rings. The van der Waals surface area contributed by atoms with Gasteiger partial charge in [-0.1, -0.05) is 23.7 Å². The molecular weight excluding hydrogens is 278 g/mol. The Kier molecular flexibility index (Phi) is 4.92. The van der Waals surface area contributed by atoms with Crippen molar-refractivity contribution >= 4 is 28.9 Å². The second-order valence-electron chi connectivity index (χ2n) is 3.99. The summed E-state index contributed by atoms with van der Waals surface area (Å²) in [6.07, 6.45) is 1.55. The van der Waals surface area contributed by atoms with E-state index >= 15 is 0 Å². The van der Waals surface area contributed by atoms with E-state index in [1.807, 2.05) is 6.07 Å². The van der Waals surface area contributed by atoms with Crippen molar-refractivity contribution in [2.45, 2.75) is 0 Å². The Labute approximate surface area is 121 Å². The van der Waals surface area contributed by atoms with E-state index in [1.165, 1.54) is 0 Å². The van der Waals surface area contributed by atoms with Gasteiger partial charge in [0.2, 0.25) is 0 Å². The normalized spacial score (nSPS) is 10.1. The number of aliphatic hydroxyl groups excluding tert-OH is 1. The Morgan fingerprint density at radius 1 is 1.20 bits per heavy atom. The monoisotopic (exact) mass is 291 g/mol. The van der Waals surface area contributed by atoms with Crippen molar-refractivity contribution < 1.29 is 9.90 Å². The maximum atomic E-state index is 12.3. The van der Waals surface area contributed by atoms with E-state index in [2.05, 4.69) is 15.6 Å². The molecule has 0 saturated carbocycles. The Balaban J connectivity index is 2.19. The lowest BCUT2D eigenvalue weighted by Gasteiger charge is -2.11. The third-order valence-electron chi connectivity index (χ3n) is 2.61. The third kappa shape index (κ3) is 3.46. The largest absolute Gasteiger partial charge is 0.395 e. The summed E-state index contributed by atoms with van der Waals surface area (Å²) in [6.45, 7) is 0.363. The van der Waals surface area contributed by atoms with Crippen LogP contribution in [0.25, 0.3) is 0 Å². The third-order valence-corrected chi connectivity index (χ3v) is 2.91. The molecule has 2 rings (SSSR count). The number of hydrogen-bond acceptors (Lipinski definition) is 4. The maximum Gasteiger partial charge on any atom is 0.257 e. The number of nitrogens with one attached hydrogen (secondary N) is 2. The maximum absolute atomic E-state index is 12.3. The number of carbonyl (C=O) groups is 1. The van der Waals surface area contributed by atoms with Crippen molar-refractivity contribution in [3.63, 3.8) is 0 Å². The number of rotatable bonds is 5. The van der Waals surface area contributed by atoms with E-state index in [0.717, 1.165) is 0 Å². The van der Waals surface area contributed by atoms with Gasteiger partial charge in [-0.3, -0.25) is 4.79 Å². The van der Waals surface area contributed by atoms with Crippen LogP contribution in [0.3, 0.4) is 0 Å². The first-order valence-electron chi connectivity index (χ1n) is 6.08. The van der Waals surface area contributed by atoms with Crippen molar-refractivity contribution in [3.05, 3.63) is 53.3 Å². The molecule has 1 amide bonds. The number of benzene rings is 1. The number of anilines is 2. The van der Waals surface area contributed by atoms with Crippen LogP contribution in [-0.2, 0) is 0 Å². The molecule has 0 aliphatic carbocycles. The fourth-order valence-electron chi connectivity index (χ4n) is 1.69. The highest BCUT2D eigenvalue weighted by atomic mass is 35.5. The number of para-hydroxylation sites is 1. The molecule has 5 nitrogen and oxygen atoms in total. The zero-order valence-electron chi connectivity index (χ0n) is 10.6. The molecule has 0 aliphatic heterocycles. The highest BCUT2D eigenvalue weighted by Gasteiger charge is 2.12. The molecule has 0 spiro atoms. The first-order valence-corrected chi connectivity index (χ1v) is 6.46. The topological polar surface area (TPSA) is 74.2 Å². The molecule has 0 saturated heterocycles. The summed E-state index contributed by atoms with van der Waals surface area (Å²) in [5.74, 6) is -0.291. The van der Waals surface area contributed by atoms with Crippen molar-refractivity contribution in [1.82, 2.24) is 4.98 Å². The zero-order valence-corrected chi connectivity index (χ0v) is 11.4.